The van der Waals surface area contributed by atoms with Gasteiger partial charge in [-0.25, -0.2) is 4.79 Å². The molecule has 0 aromatic heterocycles. The average molecular weight is 467 g/mol. The number of rotatable bonds is 4. The van der Waals surface area contributed by atoms with E-state index in [4.69, 9.17) is 4.74 Å². The maximum atomic E-state index is 12.7. The largest absolute Gasteiger partial charge is 0.421 e. The van der Waals surface area contributed by atoms with Crippen LogP contribution >= 0.6 is 0 Å². The molecule has 0 saturated heterocycles. The van der Waals surface area contributed by atoms with E-state index in [1.165, 1.54) is 12.1 Å². The maximum Gasteiger partial charge on any atom is 0.416 e. The van der Waals surface area contributed by atoms with E-state index in [9.17, 15) is 35.9 Å². The number of amides is 1. The van der Waals surface area contributed by atoms with Crippen molar-refractivity contribution in [2.45, 2.75) is 19.3 Å². The third-order valence-corrected chi connectivity index (χ3v) is 4.51. The fraction of sp³-hybridized carbons (Fsp3) is 0.130. The maximum absolute atomic E-state index is 12.7. The zero-order valence-electron chi connectivity index (χ0n) is 16.8. The first-order chi connectivity index (χ1) is 15.3. The van der Waals surface area contributed by atoms with Crippen LogP contribution in [0.4, 0.5) is 32.0 Å². The third-order valence-electron chi connectivity index (χ3n) is 4.51. The molecule has 0 radical (unpaired) electrons. The Morgan fingerprint density at radius 2 is 1.21 bits per heavy atom. The van der Waals surface area contributed by atoms with Crippen LogP contribution in [-0.2, 0) is 12.4 Å². The lowest BCUT2D eigenvalue weighted by Gasteiger charge is -2.13. The number of halogens is 6. The van der Waals surface area contributed by atoms with Crippen LogP contribution in [-0.4, -0.2) is 11.9 Å². The van der Waals surface area contributed by atoms with Gasteiger partial charge in [0.15, 0.2) is 5.75 Å². The molecule has 3 rings (SSSR count). The molecule has 0 saturated carbocycles. The number of benzene rings is 3. The van der Waals surface area contributed by atoms with Crippen molar-refractivity contribution >= 4 is 17.6 Å². The summed E-state index contributed by atoms with van der Waals surface area (Å²) in [4.78, 5) is 24.9. The van der Waals surface area contributed by atoms with Crippen molar-refractivity contribution < 1.29 is 40.7 Å². The number of hydrogen-bond donors (Lipinski definition) is 1. The molecule has 0 aliphatic carbocycles. The molecule has 1 amide bonds. The molecule has 0 spiro atoms. The molecular weight excluding hydrogens is 452 g/mol. The van der Waals surface area contributed by atoms with Gasteiger partial charge in [-0.05, 0) is 73.2 Å². The van der Waals surface area contributed by atoms with Gasteiger partial charge in [-0.15, -0.1) is 0 Å². The molecule has 3 aromatic carbocycles. The summed E-state index contributed by atoms with van der Waals surface area (Å²) in [5.41, 5.74) is -1.36. The van der Waals surface area contributed by atoms with Gasteiger partial charge in [0.2, 0.25) is 0 Å². The van der Waals surface area contributed by atoms with Gasteiger partial charge in [0.1, 0.15) is 0 Å². The molecule has 3 aromatic rings. The molecule has 10 heteroatoms. The number of carbonyl (C=O) groups is 2. The second kappa shape index (κ2) is 8.97. The molecule has 0 bridgehead atoms. The number of anilines is 1. The van der Waals surface area contributed by atoms with E-state index in [1.807, 2.05) is 0 Å². The molecule has 4 nitrogen and oxygen atoms in total. The summed E-state index contributed by atoms with van der Waals surface area (Å²) < 4.78 is 81.4. The van der Waals surface area contributed by atoms with Gasteiger partial charge in [-0.1, -0.05) is 6.07 Å². The molecule has 0 aliphatic heterocycles. The summed E-state index contributed by atoms with van der Waals surface area (Å²) in [7, 11) is 0. The van der Waals surface area contributed by atoms with Crippen LogP contribution < -0.4 is 10.1 Å². The standard InChI is InChI=1S/C23H15F6NO3/c1-13-2-11-18(30-20(31)14-3-7-16(8-4-14)22(24,25)26)19(12-13)33-21(32)15-5-9-17(10-6-15)23(27,28)29/h2-12H,1H3,(H,30,31). The van der Waals surface area contributed by atoms with Crippen molar-refractivity contribution in [2.75, 3.05) is 5.32 Å². The summed E-state index contributed by atoms with van der Waals surface area (Å²) in [6.45, 7) is 1.68. The number of aryl methyl sites for hydroxylation is 1. The third kappa shape index (κ3) is 5.91. The Morgan fingerprint density at radius 3 is 1.70 bits per heavy atom. The minimum Gasteiger partial charge on any atom is -0.421 e. The molecule has 0 heterocycles. The Bertz CT molecular complexity index is 1170. The van der Waals surface area contributed by atoms with Gasteiger partial charge in [-0.3, -0.25) is 4.79 Å². The number of alkyl halides is 6. The molecule has 0 atom stereocenters. The minimum atomic E-state index is -4.56. The van der Waals surface area contributed by atoms with Gasteiger partial charge in [0.25, 0.3) is 5.91 Å². The Balaban J connectivity index is 1.79. The monoisotopic (exact) mass is 467 g/mol. The molecule has 0 fully saturated rings. The van der Waals surface area contributed by atoms with Crippen molar-refractivity contribution in [3.63, 3.8) is 0 Å². The van der Waals surface area contributed by atoms with Crippen LogP contribution in [0.3, 0.4) is 0 Å². The van der Waals surface area contributed by atoms with E-state index < -0.39 is 35.4 Å². The number of carbonyl (C=O) groups excluding carboxylic acids is 2. The summed E-state index contributed by atoms with van der Waals surface area (Å²) >= 11 is 0. The van der Waals surface area contributed by atoms with Crippen molar-refractivity contribution in [3.05, 3.63) is 94.5 Å². The number of hydrogen-bond acceptors (Lipinski definition) is 3. The van der Waals surface area contributed by atoms with Crippen LogP contribution in [0.2, 0.25) is 0 Å². The summed E-state index contributed by atoms with van der Waals surface area (Å²) in [5.74, 6) is -1.79. The summed E-state index contributed by atoms with van der Waals surface area (Å²) in [6.07, 6.45) is -9.11. The first-order valence-electron chi connectivity index (χ1n) is 9.33. The second-order valence-corrected chi connectivity index (χ2v) is 6.99. The van der Waals surface area contributed by atoms with Gasteiger partial charge in [-0.2, -0.15) is 26.3 Å². The Kier molecular flexibility index (Phi) is 6.48. The van der Waals surface area contributed by atoms with E-state index in [0.717, 1.165) is 48.5 Å². The first-order valence-corrected chi connectivity index (χ1v) is 9.33. The topological polar surface area (TPSA) is 55.4 Å². The van der Waals surface area contributed by atoms with E-state index in [0.29, 0.717) is 5.56 Å². The van der Waals surface area contributed by atoms with Crippen molar-refractivity contribution in [1.82, 2.24) is 0 Å². The molecule has 0 unspecified atom stereocenters. The van der Waals surface area contributed by atoms with E-state index in [-0.39, 0.29) is 22.6 Å². The van der Waals surface area contributed by atoms with E-state index in [1.54, 1.807) is 13.0 Å². The average Bonchev–Trinajstić information content (AvgIpc) is 2.74. The van der Waals surface area contributed by atoms with Gasteiger partial charge in [0, 0.05) is 5.56 Å². The zero-order valence-corrected chi connectivity index (χ0v) is 16.8. The normalized spacial score (nSPS) is 11.7. The van der Waals surface area contributed by atoms with Crippen molar-refractivity contribution in [3.8, 4) is 5.75 Å². The molecular formula is C23H15F6NO3. The SMILES string of the molecule is Cc1ccc(NC(=O)c2ccc(C(F)(F)F)cc2)c(OC(=O)c2ccc(C(F)(F)F)cc2)c1. The lowest BCUT2D eigenvalue weighted by atomic mass is 10.1. The van der Waals surface area contributed by atoms with Crippen LogP contribution in [0.5, 0.6) is 5.75 Å². The summed E-state index contributed by atoms with van der Waals surface area (Å²) in [5, 5.41) is 2.45. The Labute approximate surface area is 183 Å². The number of ether oxygens (including phenoxy) is 1. The van der Waals surface area contributed by atoms with Crippen LogP contribution in [0.25, 0.3) is 0 Å². The first kappa shape index (κ1) is 23.8. The Hall–Kier alpha value is -3.82. The fourth-order valence-electron chi connectivity index (χ4n) is 2.78. The van der Waals surface area contributed by atoms with Crippen molar-refractivity contribution in [2.24, 2.45) is 0 Å². The molecule has 33 heavy (non-hydrogen) atoms. The Morgan fingerprint density at radius 1 is 0.727 bits per heavy atom. The molecule has 1 N–H and O–H groups in total. The van der Waals surface area contributed by atoms with Crippen molar-refractivity contribution in [1.29, 1.82) is 0 Å². The highest BCUT2D eigenvalue weighted by Gasteiger charge is 2.31. The number of esters is 1. The predicted molar refractivity (Wildman–Crippen MR) is 107 cm³/mol. The quantitative estimate of drug-likeness (QED) is 0.271. The highest BCUT2D eigenvalue weighted by molar-refractivity contribution is 6.05. The lowest BCUT2D eigenvalue weighted by molar-refractivity contribution is -0.138. The lowest BCUT2D eigenvalue weighted by Crippen LogP contribution is -2.15. The molecule has 0 aliphatic rings. The van der Waals surface area contributed by atoms with Crippen LogP contribution in [0, 0.1) is 6.92 Å². The van der Waals surface area contributed by atoms with Gasteiger partial charge < -0.3 is 10.1 Å². The van der Waals surface area contributed by atoms with Gasteiger partial charge >= 0.3 is 18.3 Å². The van der Waals surface area contributed by atoms with Gasteiger partial charge in [0.05, 0.1) is 22.4 Å². The van der Waals surface area contributed by atoms with E-state index >= 15 is 0 Å². The summed E-state index contributed by atoms with van der Waals surface area (Å²) in [6, 6.07) is 11.4. The second-order valence-electron chi connectivity index (χ2n) is 6.99. The predicted octanol–water partition coefficient (Wildman–Crippen LogP) is 6.50. The highest BCUT2D eigenvalue weighted by atomic mass is 19.4. The van der Waals surface area contributed by atoms with Crippen LogP contribution in [0.1, 0.15) is 37.4 Å². The fourth-order valence-corrected chi connectivity index (χ4v) is 2.78. The highest BCUT2D eigenvalue weighted by Crippen LogP contribution is 2.31. The minimum absolute atomic E-state index is 0.0470. The molecule has 172 valence electrons. The van der Waals surface area contributed by atoms with Crippen LogP contribution in [0.15, 0.2) is 66.7 Å². The smallest absolute Gasteiger partial charge is 0.416 e. The number of nitrogens with one attached hydrogen (secondary N) is 1. The zero-order chi connectivity index (χ0) is 24.4. The van der Waals surface area contributed by atoms with E-state index in [2.05, 4.69) is 5.32 Å².